The third-order valence-electron chi connectivity index (χ3n) is 3.90. The fourth-order valence-corrected chi connectivity index (χ4v) is 4.17. The topological polar surface area (TPSA) is 71.1 Å². The Bertz CT molecular complexity index is 792. The smallest absolute Gasteiger partial charge is 0.263 e. The molecule has 2 aromatic rings. The molecule has 24 heavy (non-hydrogen) atoms. The van der Waals surface area contributed by atoms with Gasteiger partial charge < -0.3 is 5.32 Å². The molecule has 2 rings (SSSR count). The van der Waals surface area contributed by atoms with Gasteiger partial charge in [0.2, 0.25) is 0 Å². The number of pyridine rings is 1. The fraction of sp³-hybridized carbons (Fsp3) is 0.389. The summed E-state index contributed by atoms with van der Waals surface area (Å²) < 4.78 is 28.0. The van der Waals surface area contributed by atoms with Crippen LogP contribution in [0.3, 0.4) is 0 Å². The fourth-order valence-electron chi connectivity index (χ4n) is 2.71. The molecule has 2 N–H and O–H groups in total. The van der Waals surface area contributed by atoms with E-state index in [0.717, 1.165) is 28.8 Å². The minimum atomic E-state index is -3.66. The Morgan fingerprint density at radius 2 is 1.75 bits per heavy atom. The zero-order valence-corrected chi connectivity index (χ0v) is 15.7. The highest BCUT2D eigenvalue weighted by Gasteiger charge is 2.20. The first-order valence-electron chi connectivity index (χ1n) is 8.06. The van der Waals surface area contributed by atoms with Crippen LogP contribution in [0.2, 0.25) is 0 Å². The Labute approximate surface area is 144 Å². The quantitative estimate of drug-likeness (QED) is 0.828. The molecule has 1 aromatic carbocycles. The molecule has 1 aromatic heterocycles. The lowest BCUT2D eigenvalue weighted by Crippen LogP contribution is -2.17. The average Bonchev–Trinajstić information content (AvgIpc) is 2.47. The minimum Gasteiger partial charge on any atom is -0.381 e. The van der Waals surface area contributed by atoms with Crippen molar-refractivity contribution in [3.05, 3.63) is 47.2 Å². The van der Waals surface area contributed by atoms with Crippen LogP contribution in [-0.2, 0) is 10.0 Å². The van der Waals surface area contributed by atoms with Gasteiger partial charge in [0.05, 0.1) is 16.8 Å². The van der Waals surface area contributed by atoms with Crippen LogP contribution in [0.5, 0.6) is 0 Å². The van der Waals surface area contributed by atoms with Crippen molar-refractivity contribution in [2.75, 3.05) is 10.0 Å². The van der Waals surface area contributed by atoms with Gasteiger partial charge in [-0.25, -0.2) is 13.4 Å². The molecular weight excluding hydrogens is 322 g/mol. The van der Waals surface area contributed by atoms with Gasteiger partial charge in [-0.3, -0.25) is 4.72 Å². The van der Waals surface area contributed by atoms with E-state index in [9.17, 15) is 8.42 Å². The predicted molar refractivity (Wildman–Crippen MR) is 99.1 cm³/mol. The van der Waals surface area contributed by atoms with Crippen molar-refractivity contribution >= 4 is 21.5 Å². The molecule has 5 nitrogen and oxygen atoms in total. The molecule has 0 bridgehead atoms. The highest BCUT2D eigenvalue weighted by Crippen LogP contribution is 2.24. The van der Waals surface area contributed by atoms with Crippen molar-refractivity contribution in [3.63, 3.8) is 0 Å². The van der Waals surface area contributed by atoms with Gasteiger partial charge in [-0.1, -0.05) is 24.6 Å². The molecule has 0 saturated carbocycles. The highest BCUT2D eigenvalue weighted by molar-refractivity contribution is 7.92. The first kappa shape index (κ1) is 18.3. The largest absolute Gasteiger partial charge is 0.381 e. The maximum Gasteiger partial charge on any atom is 0.263 e. The molecule has 1 unspecified atom stereocenters. The summed E-state index contributed by atoms with van der Waals surface area (Å²) in [7, 11) is -3.66. The van der Waals surface area contributed by atoms with Crippen LogP contribution in [0.15, 0.2) is 35.4 Å². The number of hydrogen-bond acceptors (Lipinski definition) is 4. The van der Waals surface area contributed by atoms with Crippen molar-refractivity contribution in [1.82, 2.24) is 4.98 Å². The molecule has 0 aliphatic rings. The zero-order valence-electron chi connectivity index (χ0n) is 14.8. The van der Waals surface area contributed by atoms with E-state index >= 15 is 0 Å². The lowest BCUT2D eigenvalue weighted by Gasteiger charge is -2.15. The van der Waals surface area contributed by atoms with E-state index in [-0.39, 0.29) is 0 Å². The zero-order chi connectivity index (χ0) is 17.9. The van der Waals surface area contributed by atoms with Crippen LogP contribution in [0, 0.1) is 20.8 Å². The van der Waals surface area contributed by atoms with Crippen LogP contribution < -0.4 is 10.0 Å². The summed E-state index contributed by atoms with van der Waals surface area (Å²) in [4.78, 5) is 4.52. The standard InChI is InChI=1S/C18H25N3O2S/c1-6-15(5)20-16-7-8-17(19-11-16)21-24(22,23)18-13(3)9-12(2)10-14(18)4/h7-11,15,20H,6H2,1-5H3,(H,19,21). The van der Waals surface area contributed by atoms with E-state index in [1.807, 2.05) is 25.1 Å². The van der Waals surface area contributed by atoms with Crippen LogP contribution in [0.4, 0.5) is 11.5 Å². The number of rotatable bonds is 6. The second kappa shape index (κ2) is 7.21. The van der Waals surface area contributed by atoms with Gasteiger partial charge in [0.15, 0.2) is 0 Å². The Morgan fingerprint density at radius 3 is 2.25 bits per heavy atom. The average molecular weight is 347 g/mol. The molecule has 0 aliphatic heterocycles. The van der Waals surface area contributed by atoms with E-state index in [0.29, 0.717) is 16.8 Å². The van der Waals surface area contributed by atoms with E-state index in [2.05, 4.69) is 28.9 Å². The van der Waals surface area contributed by atoms with Gasteiger partial charge >= 0.3 is 0 Å². The maximum atomic E-state index is 12.7. The Balaban J connectivity index is 2.24. The number of nitrogens with zero attached hydrogens (tertiary/aromatic N) is 1. The van der Waals surface area contributed by atoms with Gasteiger partial charge in [0.1, 0.15) is 5.82 Å². The molecule has 1 heterocycles. The molecule has 0 radical (unpaired) electrons. The van der Waals surface area contributed by atoms with Crippen LogP contribution in [0.1, 0.15) is 37.0 Å². The Morgan fingerprint density at radius 1 is 1.12 bits per heavy atom. The number of sulfonamides is 1. The third kappa shape index (κ3) is 4.26. The normalized spacial score (nSPS) is 12.7. The summed E-state index contributed by atoms with van der Waals surface area (Å²) in [5.41, 5.74) is 3.38. The summed E-state index contributed by atoms with van der Waals surface area (Å²) in [5, 5.41) is 3.30. The number of nitrogens with one attached hydrogen (secondary N) is 2. The molecule has 0 fully saturated rings. The SMILES string of the molecule is CCC(C)Nc1ccc(NS(=O)(=O)c2c(C)cc(C)cc2C)nc1. The van der Waals surface area contributed by atoms with Crippen molar-refractivity contribution in [3.8, 4) is 0 Å². The van der Waals surface area contributed by atoms with Crippen molar-refractivity contribution in [1.29, 1.82) is 0 Å². The highest BCUT2D eigenvalue weighted by atomic mass is 32.2. The molecule has 0 aliphatic carbocycles. The summed E-state index contributed by atoms with van der Waals surface area (Å²) in [6.45, 7) is 9.75. The first-order chi connectivity index (χ1) is 11.2. The van der Waals surface area contributed by atoms with Crippen molar-refractivity contribution in [2.24, 2.45) is 0 Å². The van der Waals surface area contributed by atoms with E-state index in [1.165, 1.54) is 0 Å². The summed E-state index contributed by atoms with van der Waals surface area (Å²) >= 11 is 0. The third-order valence-corrected chi connectivity index (χ3v) is 5.56. The predicted octanol–water partition coefficient (Wildman–Crippen LogP) is 4.02. The summed E-state index contributed by atoms with van der Waals surface area (Å²) in [5.74, 6) is 0.309. The summed E-state index contributed by atoms with van der Waals surface area (Å²) in [6, 6.07) is 7.57. The molecule has 0 spiro atoms. The van der Waals surface area contributed by atoms with Crippen molar-refractivity contribution in [2.45, 2.75) is 52.0 Å². The molecule has 130 valence electrons. The molecule has 0 amide bonds. The minimum absolute atomic E-state index is 0.309. The number of aryl methyl sites for hydroxylation is 3. The second-order valence-electron chi connectivity index (χ2n) is 6.22. The van der Waals surface area contributed by atoms with Gasteiger partial charge in [0, 0.05) is 6.04 Å². The number of anilines is 2. The van der Waals surface area contributed by atoms with Crippen LogP contribution >= 0.6 is 0 Å². The van der Waals surface area contributed by atoms with Crippen molar-refractivity contribution < 1.29 is 8.42 Å². The Hall–Kier alpha value is -2.08. The first-order valence-corrected chi connectivity index (χ1v) is 9.54. The number of hydrogen-bond donors (Lipinski definition) is 2. The lowest BCUT2D eigenvalue weighted by molar-refractivity contribution is 0.600. The number of aromatic nitrogens is 1. The van der Waals surface area contributed by atoms with Gasteiger partial charge in [-0.2, -0.15) is 0 Å². The monoisotopic (exact) mass is 347 g/mol. The van der Waals surface area contributed by atoms with Crippen LogP contribution in [0.25, 0.3) is 0 Å². The Kier molecular flexibility index (Phi) is 5.49. The van der Waals surface area contributed by atoms with E-state index in [4.69, 9.17) is 0 Å². The van der Waals surface area contributed by atoms with Gasteiger partial charge in [-0.05, 0) is 57.4 Å². The van der Waals surface area contributed by atoms with E-state index in [1.54, 1.807) is 26.1 Å². The summed E-state index contributed by atoms with van der Waals surface area (Å²) in [6.07, 6.45) is 2.64. The van der Waals surface area contributed by atoms with Crippen LogP contribution in [-0.4, -0.2) is 19.4 Å². The molecular formula is C18H25N3O2S. The lowest BCUT2D eigenvalue weighted by atomic mass is 10.1. The van der Waals surface area contributed by atoms with E-state index < -0.39 is 10.0 Å². The van der Waals surface area contributed by atoms with Gasteiger partial charge in [0.25, 0.3) is 10.0 Å². The number of benzene rings is 1. The molecule has 6 heteroatoms. The molecule has 0 saturated heterocycles. The van der Waals surface area contributed by atoms with Gasteiger partial charge in [-0.15, -0.1) is 0 Å². The molecule has 1 atom stereocenters. The maximum absolute atomic E-state index is 12.7. The second-order valence-corrected chi connectivity index (χ2v) is 7.84.